The summed E-state index contributed by atoms with van der Waals surface area (Å²) in [5.41, 5.74) is 4.76. The predicted molar refractivity (Wildman–Crippen MR) is 141 cm³/mol. The molecule has 1 fully saturated rings. The van der Waals surface area contributed by atoms with Crippen molar-refractivity contribution in [3.8, 4) is 22.9 Å². The van der Waals surface area contributed by atoms with Gasteiger partial charge in [0.1, 0.15) is 12.1 Å². The number of aryl methyl sites for hydroxylation is 1. The molecular formula is C28H28N6O2. The van der Waals surface area contributed by atoms with E-state index in [-0.39, 0.29) is 5.91 Å². The zero-order chi connectivity index (χ0) is 24.9. The Hall–Kier alpha value is -4.30. The Kier molecular flexibility index (Phi) is 6.86. The molecule has 0 atom stereocenters. The lowest BCUT2D eigenvalue weighted by Crippen LogP contribution is -2.44. The Bertz CT molecular complexity index is 1340. The summed E-state index contributed by atoms with van der Waals surface area (Å²) in [6.07, 6.45) is 4.82. The largest absolute Gasteiger partial charge is 0.438 e. The van der Waals surface area contributed by atoms with Crippen molar-refractivity contribution in [1.82, 2.24) is 19.9 Å². The molecule has 0 radical (unpaired) electrons. The minimum atomic E-state index is -0.204. The van der Waals surface area contributed by atoms with Crippen LogP contribution in [0.5, 0.6) is 11.6 Å². The number of benzene rings is 2. The molecular weight excluding hydrogens is 452 g/mol. The first-order chi connectivity index (χ1) is 17.6. The van der Waals surface area contributed by atoms with Gasteiger partial charge in [0.25, 0.3) is 5.91 Å². The number of hydrogen-bond donors (Lipinski definition) is 1. The molecule has 0 spiro atoms. The van der Waals surface area contributed by atoms with Crippen molar-refractivity contribution < 1.29 is 9.53 Å². The molecule has 1 saturated heterocycles. The summed E-state index contributed by atoms with van der Waals surface area (Å²) in [4.78, 5) is 30.4. The van der Waals surface area contributed by atoms with E-state index in [0.29, 0.717) is 22.9 Å². The standard InChI is InChI=1S/C28H28N6O2/c1-20-5-6-21(18-26(20)36-28-24(4-3-12-30-28)25-11-13-29-19-31-25)27(35)32-22-7-9-23(10-8-22)34-16-14-33(2)15-17-34/h3-13,18-19H,14-17H2,1-2H3,(H,32,35). The molecule has 0 bridgehead atoms. The number of rotatable bonds is 6. The highest BCUT2D eigenvalue weighted by Gasteiger charge is 2.16. The van der Waals surface area contributed by atoms with Crippen molar-refractivity contribution in [1.29, 1.82) is 0 Å². The Morgan fingerprint density at radius 3 is 2.50 bits per heavy atom. The maximum absolute atomic E-state index is 13.0. The first-order valence-electron chi connectivity index (χ1n) is 11.9. The van der Waals surface area contributed by atoms with Gasteiger partial charge in [0, 0.05) is 55.5 Å². The minimum absolute atomic E-state index is 0.204. The summed E-state index contributed by atoms with van der Waals surface area (Å²) in [7, 11) is 2.14. The van der Waals surface area contributed by atoms with Crippen LogP contribution in [-0.2, 0) is 0 Å². The molecule has 8 heteroatoms. The average Bonchev–Trinajstić information content (AvgIpc) is 2.91. The Balaban J connectivity index is 1.30. The highest BCUT2D eigenvalue weighted by molar-refractivity contribution is 6.04. The van der Waals surface area contributed by atoms with Crippen molar-refractivity contribution in [2.75, 3.05) is 43.4 Å². The maximum atomic E-state index is 13.0. The predicted octanol–water partition coefficient (Wildman–Crippen LogP) is 4.64. The quantitative estimate of drug-likeness (QED) is 0.430. The summed E-state index contributed by atoms with van der Waals surface area (Å²) < 4.78 is 6.17. The summed E-state index contributed by atoms with van der Waals surface area (Å²) in [6, 6.07) is 18.9. The normalized spacial score (nSPS) is 13.9. The third-order valence-corrected chi connectivity index (χ3v) is 6.28. The van der Waals surface area contributed by atoms with Crippen LogP contribution in [0.1, 0.15) is 15.9 Å². The van der Waals surface area contributed by atoms with Gasteiger partial charge < -0.3 is 19.9 Å². The molecule has 4 aromatic rings. The molecule has 1 aliphatic heterocycles. The summed E-state index contributed by atoms with van der Waals surface area (Å²) in [5.74, 6) is 0.766. The number of hydrogen-bond acceptors (Lipinski definition) is 7. The fourth-order valence-electron chi connectivity index (χ4n) is 4.10. The van der Waals surface area contributed by atoms with Crippen LogP contribution in [0.3, 0.4) is 0 Å². The summed E-state index contributed by atoms with van der Waals surface area (Å²) >= 11 is 0. The zero-order valence-corrected chi connectivity index (χ0v) is 20.4. The van der Waals surface area contributed by atoms with Crippen LogP contribution < -0.4 is 15.0 Å². The second-order valence-electron chi connectivity index (χ2n) is 8.82. The maximum Gasteiger partial charge on any atom is 0.255 e. The lowest BCUT2D eigenvalue weighted by Gasteiger charge is -2.34. The van der Waals surface area contributed by atoms with Crippen molar-refractivity contribution >= 4 is 17.3 Å². The van der Waals surface area contributed by atoms with E-state index in [4.69, 9.17) is 4.74 Å². The second-order valence-corrected chi connectivity index (χ2v) is 8.82. The third-order valence-electron chi connectivity index (χ3n) is 6.28. The average molecular weight is 481 g/mol. The van der Waals surface area contributed by atoms with Crippen LogP contribution in [0.25, 0.3) is 11.3 Å². The first-order valence-corrected chi connectivity index (χ1v) is 11.9. The van der Waals surface area contributed by atoms with Gasteiger partial charge in [0.15, 0.2) is 0 Å². The van der Waals surface area contributed by atoms with E-state index in [1.54, 1.807) is 30.6 Å². The molecule has 36 heavy (non-hydrogen) atoms. The van der Waals surface area contributed by atoms with Gasteiger partial charge in [0.05, 0.1) is 11.3 Å². The molecule has 3 heterocycles. The van der Waals surface area contributed by atoms with E-state index in [1.807, 2.05) is 37.3 Å². The van der Waals surface area contributed by atoms with Crippen molar-refractivity contribution in [2.24, 2.45) is 0 Å². The van der Waals surface area contributed by atoms with E-state index in [2.05, 4.69) is 49.2 Å². The van der Waals surface area contributed by atoms with Crippen molar-refractivity contribution in [2.45, 2.75) is 6.92 Å². The van der Waals surface area contributed by atoms with Crippen molar-refractivity contribution in [3.05, 3.63) is 90.5 Å². The van der Waals surface area contributed by atoms with Gasteiger partial charge >= 0.3 is 0 Å². The number of aromatic nitrogens is 3. The number of pyridine rings is 1. The lowest BCUT2D eigenvalue weighted by atomic mass is 10.1. The van der Waals surface area contributed by atoms with Gasteiger partial charge in [-0.1, -0.05) is 6.07 Å². The smallest absolute Gasteiger partial charge is 0.255 e. The molecule has 0 unspecified atom stereocenters. The number of ether oxygens (including phenoxy) is 1. The highest BCUT2D eigenvalue weighted by atomic mass is 16.5. The van der Waals surface area contributed by atoms with E-state index in [0.717, 1.165) is 43.0 Å². The molecule has 182 valence electrons. The summed E-state index contributed by atoms with van der Waals surface area (Å²) in [6.45, 7) is 6.04. The highest BCUT2D eigenvalue weighted by Crippen LogP contribution is 2.32. The van der Waals surface area contributed by atoms with Gasteiger partial charge in [-0.05, 0) is 74.1 Å². The van der Waals surface area contributed by atoms with Gasteiger partial charge in [0.2, 0.25) is 5.88 Å². The van der Waals surface area contributed by atoms with E-state index in [1.165, 1.54) is 12.0 Å². The molecule has 1 amide bonds. The molecule has 2 aromatic carbocycles. The monoisotopic (exact) mass is 480 g/mol. The van der Waals surface area contributed by atoms with Crippen LogP contribution in [0.4, 0.5) is 11.4 Å². The van der Waals surface area contributed by atoms with Crippen LogP contribution >= 0.6 is 0 Å². The third kappa shape index (κ3) is 5.34. The Labute approximate surface area is 210 Å². The number of nitrogens with zero attached hydrogens (tertiary/aromatic N) is 5. The van der Waals surface area contributed by atoms with Gasteiger partial charge in [-0.25, -0.2) is 15.0 Å². The SMILES string of the molecule is Cc1ccc(C(=O)Nc2ccc(N3CCN(C)CC3)cc2)cc1Oc1ncccc1-c1ccncn1. The number of carbonyl (C=O) groups excluding carboxylic acids is 1. The fraction of sp³-hybridized carbons (Fsp3) is 0.214. The number of carbonyl (C=O) groups is 1. The van der Waals surface area contributed by atoms with E-state index >= 15 is 0 Å². The number of anilines is 2. The molecule has 1 N–H and O–H groups in total. The van der Waals surface area contributed by atoms with Crippen LogP contribution in [-0.4, -0.2) is 59.0 Å². The van der Waals surface area contributed by atoms with E-state index < -0.39 is 0 Å². The van der Waals surface area contributed by atoms with E-state index in [9.17, 15) is 4.79 Å². The molecule has 0 saturated carbocycles. The first kappa shape index (κ1) is 23.4. The molecule has 8 nitrogen and oxygen atoms in total. The van der Waals surface area contributed by atoms with Crippen LogP contribution in [0.15, 0.2) is 79.4 Å². The molecule has 0 aliphatic carbocycles. The van der Waals surface area contributed by atoms with Gasteiger partial charge in [-0.15, -0.1) is 0 Å². The molecule has 1 aliphatic rings. The Morgan fingerprint density at radius 2 is 1.75 bits per heavy atom. The van der Waals surface area contributed by atoms with Crippen LogP contribution in [0.2, 0.25) is 0 Å². The number of nitrogens with one attached hydrogen (secondary N) is 1. The van der Waals surface area contributed by atoms with Gasteiger partial charge in [-0.3, -0.25) is 4.79 Å². The number of likely N-dealkylation sites (N-methyl/N-ethyl adjacent to an activating group) is 1. The minimum Gasteiger partial charge on any atom is -0.438 e. The summed E-state index contributed by atoms with van der Waals surface area (Å²) in [5, 5.41) is 2.99. The second kappa shape index (κ2) is 10.5. The lowest BCUT2D eigenvalue weighted by molar-refractivity contribution is 0.102. The Morgan fingerprint density at radius 1 is 0.944 bits per heavy atom. The number of amides is 1. The molecule has 5 rings (SSSR count). The molecule has 2 aromatic heterocycles. The number of piperazine rings is 1. The van der Waals surface area contributed by atoms with Crippen LogP contribution in [0, 0.1) is 6.92 Å². The van der Waals surface area contributed by atoms with Gasteiger partial charge in [-0.2, -0.15) is 0 Å². The van der Waals surface area contributed by atoms with Crippen molar-refractivity contribution in [3.63, 3.8) is 0 Å². The topological polar surface area (TPSA) is 83.5 Å². The fourth-order valence-corrected chi connectivity index (χ4v) is 4.10. The zero-order valence-electron chi connectivity index (χ0n) is 20.4.